The topological polar surface area (TPSA) is 147 Å². The molecule has 2 aromatic rings. The number of aliphatic carboxylic acids is 1. The maximum atomic E-state index is 12.5. The number of H-pyrrole nitrogens is 1. The van der Waals surface area contributed by atoms with Crippen molar-refractivity contribution < 1.29 is 14.7 Å². The molecular weight excluding hydrogens is 382 g/mol. The van der Waals surface area contributed by atoms with Crippen molar-refractivity contribution in [1.82, 2.24) is 10.3 Å². The van der Waals surface area contributed by atoms with Crippen molar-refractivity contribution in [2.75, 3.05) is 13.1 Å². The Balaban J connectivity index is 1.71. The molecule has 1 atom stereocenters. The lowest BCUT2D eigenvalue weighted by Gasteiger charge is -2.16. The smallest absolute Gasteiger partial charge is 0.305 e. The van der Waals surface area contributed by atoms with E-state index in [0.29, 0.717) is 19.5 Å². The molecule has 0 aliphatic heterocycles. The number of aromatic amines is 1. The van der Waals surface area contributed by atoms with Crippen LogP contribution in [0.2, 0.25) is 0 Å². The molecule has 1 aromatic heterocycles. The third kappa shape index (κ3) is 8.24. The number of unbranched alkanes of at least 4 members (excludes halogenated alkanes) is 4. The van der Waals surface area contributed by atoms with Gasteiger partial charge in [0.2, 0.25) is 0 Å². The van der Waals surface area contributed by atoms with Gasteiger partial charge >= 0.3 is 5.97 Å². The highest BCUT2D eigenvalue weighted by Crippen LogP contribution is 2.18. The van der Waals surface area contributed by atoms with E-state index in [4.69, 9.17) is 16.6 Å². The molecule has 0 unspecified atom stereocenters. The number of Topliss-reactive ketones (excluding diaryl/α,β-unsaturated/α-hetero) is 1. The highest BCUT2D eigenvalue weighted by molar-refractivity contribution is 5.88. The Morgan fingerprint density at radius 2 is 1.83 bits per heavy atom. The first kappa shape index (κ1) is 23.4. The summed E-state index contributed by atoms with van der Waals surface area (Å²) in [5, 5.41) is 13.5. The van der Waals surface area contributed by atoms with E-state index in [1.807, 2.05) is 24.4 Å². The van der Waals surface area contributed by atoms with E-state index < -0.39 is 12.0 Å². The predicted octanol–water partition coefficient (Wildman–Crippen LogP) is 2.33. The summed E-state index contributed by atoms with van der Waals surface area (Å²) in [6.45, 7) is 1.18. The van der Waals surface area contributed by atoms with E-state index in [-0.39, 0.29) is 18.2 Å². The van der Waals surface area contributed by atoms with Crippen molar-refractivity contribution in [3.63, 3.8) is 0 Å². The van der Waals surface area contributed by atoms with Crippen LogP contribution >= 0.6 is 0 Å². The number of hydrogen-bond acceptors (Lipinski definition) is 4. The molecule has 0 saturated heterocycles. The van der Waals surface area contributed by atoms with Gasteiger partial charge in [-0.25, -0.2) is 0 Å². The van der Waals surface area contributed by atoms with E-state index in [1.54, 1.807) is 0 Å². The Bertz CT molecular complexity index is 842. The number of benzene rings is 1. The number of carbonyl (C=O) groups is 2. The van der Waals surface area contributed by atoms with Crippen molar-refractivity contribution >= 4 is 28.6 Å². The minimum atomic E-state index is -0.965. The van der Waals surface area contributed by atoms with Crippen molar-refractivity contribution in [1.29, 1.82) is 0 Å². The maximum Gasteiger partial charge on any atom is 0.305 e. The summed E-state index contributed by atoms with van der Waals surface area (Å²) in [5.74, 6) is -0.883. The van der Waals surface area contributed by atoms with E-state index in [0.717, 1.165) is 55.0 Å². The summed E-state index contributed by atoms with van der Waals surface area (Å²) in [4.78, 5) is 30.9. The van der Waals surface area contributed by atoms with Crippen molar-refractivity contribution in [2.45, 2.75) is 57.4 Å². The number of aliphatic imine (C=N–C) groups is 1. The molecule has 0 bridgehead atoms. The summed E-state index contributed by atoms with van der Waals surface area (Å²) in [6.07, 6.45) is 7.53. The fourth-order valence-corrected chi connectivity index (χ4v) is 3.52. The standard InChI is InChI=1S/C22H33N5O3/c23-22(24)26-12-7-3-1-2-4-10-20(28)19(14-21(29)30)25-13-11-16-15-27-18-9-6-5-8-17(16)18/h5-6,8-9,15,19,25,27H,1-4,7,10-14H2,(H,29,30)(H4,23,24,26)/t19-/m0/s1. The zero-order chi connectivity index (χ0) is 21.8. The van der Waals surface area contributed by atoms with Crippen molar-refractivity contribution in [2.24, 2.45) is 16.5 Å². The van der Waals surface area contributed by atoms with Crippen LogP contribution in [0.4, 0.5) is 0 Å². The molecular formula is C22H33N5O3. The lowest BCUT2D eigenvalue weighted by Crippen LogP contribution is -2.39. The number of nitrogens with two attached hydrogens (primary N) is 2. The summed E-state index contributed by atoms with van der Waals surface area (Å²) in [6, 6.07) is 7.40. The number of nitrogens with one attached hydrogen (secondary N) is 2. The van der Waals surface area contributed by atoms with Gasteiger partial charge in [0, 0.05) is 30.1 Å². The number of nitrogens with zero attached hydrogens (tertiary/aromatic N) is 1. The third-order valence-corrected chi connectivity index (χ3v) is 5.10. The molecule has 0 spiro atoms. The summed E-state index contributed by atoms with van der Waals surface area (Å²) in [5.41, 5.74) is 12.8. The van der Waals surface area contributed by atoms with Gasteiger partial charge < -0.3 is 26.9 Å². The average Bonchev–Trinajstić information content (AvgIpc) is 3.11. The van der Waals surface area contributed by atoms with Crippen LogP contribution < -0.4 is 16.8 Å². The number of rotatable bonds is 15. The Morgan fingerprint density at radius 1 is 1.10 bits per heavy atom. The van der Waals surface area contributed by atoms with Crippen molar-refractivity contribution in [3.05, 3.63) is 36.0 Å². The minimum Gasteiger partial charge on any atom is -0.481 e. The molecule has 1 heterocycles. The molecule has 7 N–H and O–H groups in total. The molecule has 1 aromatic carbocycles. The van der Waals surface area contributed by atoms with Crippen LogP contribution in [0, 0.1) is 0 Å². The number of ketones is 1. The van der Waals surface area contributed by atoms with Crippen LogP contribution in [0.1, 0.15) is 50.5 Å². The van der Waals surface area contributed by atoms with Crippen LogP contribution in [-0.4, -0.2) is 46.9 Å². The molecule has 164 valence electrons. The van der Waals surface area contributed by atoms with Crippen LogP contribution in [0.15, 0.2) is 35.5 Å². The Morgan fingerprint density at radius 3 is 2.60 bits per heavy atom. The number of hydrogen-bond donors (Lipinski definition) is 5. The van der Waals surface area contributed by atoms with Crippen LogP contribution in [0.5, 0.6) is 0 Å². The maximum absolute atomic E-state index is 12.5. The first-order valence-electron chi connectivity index (χ1n) is 10.6. The monoisotopic (exact) mass is 415 g/mol. The highest BCUT2D eigenvalue weighted by Gasteiger charge is 2.20. The second-order valence-corrected chi connectivity index (χ2v) is 7.50. The van der Waals surface area contributed by atoms with Gasteiger partial charge in [0.05, 0.1) is 12.5 Å². The van der Waals surface area contributed by atoms with E-state index in [2.05, 4.69) is 21.4 Å². The summed E-state index contributed by atoms with van der Waals surface area (Å²) >= 11 is 0. The van der Waals surface area contributed by atoms with Gasteiger partial charge in [-0.15, -0.1) is 0 Å². The molecule has 8 nitrogen and oxygen atoms in total. The fraction of sp³-hybridized carbons (Fsp3) is 0.500. The molecule has 0 fully saturated rings. The van der Waals surface area contributed by atoms with Gasteiger partial charge in [0.25, 0.3) is 0 Å². The normalized spacial score (nSPS) is 12.0. The summed E-state index contributed by atoms with van der Waals surface area (Å²) < 4.78 is 0. The lowest BCUT2D eigenvalue weighted by molar-refractivity contribution is -0.139. The van der Waals surface area contributed by atoms with Gasteiger partial charge in [-0.2, -0.15) is 0 Å². The number of carboxylic acid groups (broad SMARTS) is 1. The zero-order valence-corrected chi connectivity index (χ0v) is 17.4. The molecule has 8 heteroatoms. The molecule has 0 amide bonds. The fourth-order valence-electron chi connectivity index (χ4n) is 3.52. The molecule has 0 aliphatic carbocycles. The Kier molecular flexibility index (Phi) is 9.86. The second-order valence-electron chi connectivity index (χ2n) is 7.50. The SMILES string of the molecule is NC(N)=NCCCCCCCC(=O)[C@H](CC(=O)O)NCCc1c[nH]c2ccccc12. The van der Waals surface area contributed by atoms with Gasteiger partial charge in [-0.3, -0.25) is 14.6 Å². The largest absolute Gasteiger partial charge is 0.481 e. The highest BCUT2D eigenvalue weighted by atomic mass is 16.4. The van der Waals surface area contributed by atoms with Crippen molar-refractivity contribution in [3.8, 4) is 0 Å². The third-order valence-electron chi connectivity index (χ3n) is 5.10. The number of aromatic nitrogens is 1. The van der Waals surface area contributed by atoms with Gasteiger partial charge in [0.15, 0.2) is 5.96 Å². The Labute approximate surface area is 177 Å². The second kappa shape index (κ2) is 12.6. The number of carboxylic acids is 1. The quantitative estimate of drug-likeness (QED) is 0.171. The van der Waals surface area contributed by atoms with Gasteiger partial charge in [0.1, 0.15) is 5.78 Å². The van der Waals surface area contributed by atoms with E-state index in [9.17, 15) is 9.59 Å². The first-order valence-corrected chi connectivity index (χ1v) is 10.6. The summed E-state index contributed by atoms with van der Waals surface area (Å²) in [7, 11) is 0. The lowest BCUT2D eigenvalue weighted by atomic mass is 10.0. The average molecular weight is 416 g/mol. The van der Waals surface area contributed by atoms with Crippen LogP contribution in [0.25, 0.3) is 10.9 Å². The van der Waals surface area contributed by atoms with E-state index >= 15 is 0 Å². The molecule has 0 aliphatic rings. The molecule has 0 radical (unpaired) electrons. The number of guanidine groups is 1. The Hall–Kier alpha value is -2.87. The minimum absolute atomic E-state index is 0.0307. The van der Waals surface area contributed by atoms with Crippen LogP contribution in [-0.2, 0) is 16.0 Å². The molecule has 30 heavy (non-hydrogen) atoms. The molecule has 2 rings (SSSR count). The van der Waals surface area contributed by atoms with Gasteiger partial charge in [-0.1, -0.05) is 37.5 Å². The van der Waals surface area contributed by atoms with Crippen LogP contribution in [0.3, 0.4) is 0 Å². The number of fused-ring (bicyclic) bond motifs is 1. The van der Waals surface area contributed by atoms with E-state index in [1.165, 1.54) is 0 Å². The number of para-hydroxylation sites is 1. The zero-order valence-electron chi connectivity index (χ0n) is 17.4. The van der Waals surface area contributed by atoms with Gasteiger partial charge in [-0.05, 0) is 37.4 Å². The predicted molar refractivity (Wildman–Crippen MR) is 119 cm³/mol. The number of carbonyl (C=O) groups excluding carboxylic acids is 1. The first-order chi connectivity index (χ1) is 14.5. The molecule has 0 saturated carbocycles.